The maximum absolute atomic E-state index is 5.94. The highest BCUT2D eigenvalue weighted by Gasteiger charge is 2.21. The molecule has 0 amide bonds. The molecule has 3 nitrogen and oxygen atoms in total. The number of aryl methyl sites for hydroxylation is 1. The average Bonchev–Trinajstić information content (AvgIpc) is 3.10. The van der Waals surface area contributed by atoms with Gasteiger partial charge in [-0.3, -0.25) is 4.90 Å². The van der Waals surface area contributed by atoms with Gasteiger partial charge in [-0.2, -0.15) is 0 Å². The molecule has 0 atom stereocenters. The van der Waals surface area contributed by atoms with Crippen LogP contribution >= 0.6 is 0 Å². The molecule has 1 aliphatic carbocycles. The number of unbranched alkanes of at least 4 members (excludes halogenated alkanes) is 1. The Hall–Kier alpha value is -0.800. The van der Waals surface area contributed by atoms with E-state index in [2.05, 4.69) is 37.2 Å². The molecule has 2 rings (SSSR count). The molecule has 1 saturated carbocycles. The molecule has 0 saturated heterocycles. The van der Waals surface area contributed by atoms with Crippen molar-refractivity contribution >= 4 is 0 Å². The monoisotopic (exact) mass is 250 g/mol. The minimum absolute atomic E-state index is 0.741. The highest BCUT2D eigenvalue weighted by molar-refractivity contribution is 5.20. The molecule has 1 aromatic rings. The molecule has 0 bridgehead atoms. The molecule has 0 aromatic carbocycles. The predicted molar refractivity (Wildman–Crippen MR) is 74.5 cm³/mol. The zero-order valence-electron chi connectivity index (χ0n) is 12.0. The van der Waals surface area contributed by atoms with E-state index in [0.717, 1.165) is 37.2 Å². The summed E-state index contributed by atoms with van der Waals surface area (Å²) in [6.07, 6.45) is 5.16. The third-order valence-corrected chi connectivity index (χ3v) is 3.52. The lowest BCUT2D eigenvalue weighted by molar-refractivity contribution is 0.285. The molecule has 0 spiro atoms. The highest BCUT2D eigenvalue weighted by atomic mass is 16.3. The van der Waals surface area contributed by atoms with Crippen molar-refractivity contribution in [3.05, 3.63) is 23.2 Å². The summed E-state index contributed by atoms with van der Waals surface area (Å²) in [5.74, 6) is 2.21. The standard InChI is InChI=1S/C15H26N2O/c1-4-5-8-17(3)11-14-9-12(2)15(18-14)10-16-13-6-7-13/h9,13,16H,4-8,10-11H2,1-3H3. The van der Waals surface area contributed by atoms with E-state index in [4.69, 9.17) is 4.42 Å². The fraction of sp³-hybridized carbons (Fsp3) is 0.733. The van der Waals surface area contributed by atoms with E-state index in [1.165, 1.54) is 31.2 Å². The molecule has 0 unspecified atom stereocenters. The Labute approximate surface area is 111 Å². The first kappa shape index (κ1) is 13.6. The van der Waals surface area contributed by atoms with E-state index in [-0.39, 0.29) is 0 Å². The number of hydrogen-bond donors (Lipinski definition) is 1. The first-order chi connectivity index (χ1) is 8.69. The normalized spacial score (nSPS) is 15.6. The van der Waals surface area contributed by atoms with Crippen LogP contribution in [0.5, 0.6) is 0 Å². The number of rotatable bonds is 8. The Morgan fingerprint density at radius 1 is 1.44 bits per heavy atom. The number of hydrogen-bond acceptors (Lipinski definition) is 3. The van der Waals surface area contributed by atoms with Crippen LogP contribution in [0.15, 0.2) is 10.5 Å². The Balaban J connectivity index is 1.82. The molecule has 1 heterocycles. The van der Waals surface area contributed by atoms with Crippen LogP contribution in [0.1, 0.15) is 49.7 Å². The maximum Gasteiger partial charge on any atom is 0.120 e. The average molecular weight is 250 g/mol. The Morgan fingerprint density at radius 2 is 2.22 bits per heavy atom. The van der Waals surface area contributed by atoms with E-state index in [1.54, 1.807) is 0 Å². The molecule has 18 heavy (non-hydrogen) atoms. The summed E-state index contributed by atoms with van der Waals surface area (Å²) in [7, 11) is 2.16. The van der Waals surface area contributed by atoms with Gasteiger partial charge in [0.1, 0.15) is 11.5 Å². The zero-order chi connectivity index (χ0) is 13.0. The quantitative estimate of drug-likeness (QED) is 0.768. The lowest BCUT2D eigenvalue weighted by atomic mass is 10.2. The topological polar surface area (TPSA) is 28.4 Å². The molecule has 0 aliphatic heterocycles. The van der Waals surface area contributed by atoms with Gasteiger partial charge in [0.15, 0.2) is 0 Å². The van der Waals surface area contributed by atoms with Gasteiger partial charge in [-0.05, 0) is 51.4 Å². The van der Waals surface area contributed by atoms with Crippen molar-refractivity contribution in [2.75, 3.05) is 13.6 Å². The fourth-order valence-corrected chi connectivity index (χ4v) is 2.14. The first-order valence-corrected chi connectivity index (χ1v) is 7.19. The molecule has 3 heteroatoms. The number of nitrogens with zero attached hydrogens (tertiary/aromatic N) is 1. The van der Waals surface area contributed by atoms with Crippen LogP contribution in [0.3, 0.4) is 0 Å². The molecule has 1 aromatic heterocycles. The molecule has 0 radical (unpaired) electrons. The Morgan fingerprint density at radius 3 is 2.89 bits per heavy atom. The van der Waals surface area contributed by atoms with Gasteiger partial charge in [-0.25, -0.2) is 0 Å². The van der Waals surface area contributed by atoms with Gasteiger partial charge in [-0.15, -0.1) is 0 Å². The van der Waals surface area contributed by atoms with Gasteiger partial charge in [0, 0.05) is 6.04 Å². The van der Waals surface area contributed by atoms with Crippen molar-refractivity contribution in [1.82, 2.24) is 10.2 Å². The van der Waals surface area contributed by atoms with E-state index in [1.807, 2.05) is 0 Å². The van der Waals surface area contributed by atoms with E-state index >= 15 is 0 Å². The second-order valence-electron chi connectivity index (χ2n) is 5.57. The summed E-state index contributed by atoms with van der Waals surface area (Å²) in [6, 6.07) is 2.93. The van der Waals surface area contributed by atoms with Crippen molar-refractivity contribution in [3.63, 3.8) is 0 Å². The number of nitrogens with one attached hydrogen (secondary N) is 1. The third-order valence-electron chi connectivity index (χ3n) is 3.52. The van der Waals surface area contributed by atoms with Crippen molar-refractivity contribution in [1.29, 1.82) is 0 Å². The number of furan rings is 1. The molecule has 1 N–H and O–H groups in total. The Kier molecular flexibility index (Phi) is 4.84. The second-order valence-corrected chi connectivity index (χ2v) is 5.57. The zero-order valence-corrected chi connectivity index (χ0v) is 12.0. The maximum atomic E-state index is 5.94. The van der Waals surface area contributed by atoms with Gasteiger partial charge in [0.25, 0.3) is 0 Å². The van der Waals surface area contributed by atoms with Crippen molar-refractivity contribution < 1.29 is 4.42 Å². The van der Waals surface area contributed by atoms with Gasteiger partial charge >= 0.3 is 0 Å². The van der Waals surface area contributed by atoms with Crippen LogP contribution in [0.2, 0.25) is 0 Å². The van der Waals surface area contributed by atoms with Crippen LogP contribution in [0.4, 0.5) is 0 Å². The largest absolute Gasteiger partial charge is 0.463 e. The summed E-state index contributed by atoms with van der Waals surface area (Å²) >= 11 is 0. The van der Waals surface area contributed by atoms with E-state index in [0.29, 0.717) is 0 Å². The smallest absolute Gasteiger partial charge is 0.120 e. The van der Waals surface area contributed by atoms with Gasteiger partial charge in [-0.1, -0.05) is 13.3 Å². The highest BCUT2D eigenvalue weighted by Crippen LogP contribution is 2.21. The fourth-order valence-electron chi connectivity index (χ4n) is 2.14. The minimum atomic E-state index is 0.741. The summed E-state index contributed by atoms with van der Waals surface area (Å²) in [5, 5.41) is 3.51. The minimum Gasteiger partial charge on any atom is -0.463 e. The van der Waals surface area contributed by atoms with Gasteiger partial charge in [0.2, 0.25) is 0 Å². The predicted octanol–water partition coefficient (Wildman–Crippen LogP) is 3.07. The SMILES string of the molecule is CCCCN(C)Cc1cc(C)c(CNC2CC2)o1. The summed E-state index contributed by atoms with van der Waals surface area (Å²) in [5.41, 5.74) is 1.28. The third kappa shape index (κ3) is 4.14. The van der Waals surface area contributed by atoms with Crippen molar-refractivity contribution in [2.24, 2.45) is 0 Å². The summed E-state index contributed by atoms with van der Waals surface area (Å²) in [6.45, 7) is 7.32. The van der Waals surface area contributed by atoms with Crippen LogP contribution in [0.25, 0.3) is 0 Å². The molecule has 102 valence electrons. The van der Waals surface area contributed by atoms with E-state index in [9.17, 15) is 0 Å². The van der Waals surface area contributed by atoms with Crippen LogP contribution in [-0.4, -0.2) is 24.5 Å². The van der Waals surface area contributed by atoms with Crippen LogP contribution in [0, 0.1) is 6.92 Å². The van der Waals surface area contributed by atoms with Gasteiger partial charge in [0.05, 0.1) is 13.1 Å². The van der Waals surface area contributed by atoms with Crippen molar-refractivity contribution in [3.8, 4) is 0 Å². The first-order valence-electron chi connectivity index (χ1n) is 7.19. The summed E-state index contributed by atoms with van der Waals surface area (Å²) in [4.78, 5) is 2.33. The van der Waals surface area contributed by atoms with E-state index < -0.39 is 0 Å². The second kappa shape index (κ2) is 6.39. The molecule has 1 fully saturated rings. The van der Waals surface area contributed by atoms with Crippen LogP contribution < -0.4 is 5.32 Å². The van der Waals surface area contributed by atoms with Crippen LogP contribution in [-0.2, 0) is 13.1 Å². The molecule has 1 aliphatic rings. The lowest BCUT2D eigenvalue weighted by Crippen LogP contribution is -2.18. The Bertz CT molecular complexity index is 369. The molecular formula is C15H26N2O. The van der Waals surface area contributed by atoms with Gasteiger partial charge < -0.3 is 9.73 Å². The lowest BCUT2D eigenvalue weighted by Gasteiger charge is -2.13. The van der Waals surface area contributed by atoms with Crippen molar-refractivity contribution in [2.45, 2.75) is 58.7 Å². The summed E-state index contributed by atoms with van der Waals surface area (Å²) < 4.78 is 5.94. The molecular weight excluding hydrogens is 224 g/mol.